The standard InChI is InChI=1S/C12H17ClN2O.ClH/c1-9-4-5-10(8-11(9)13)12(16)14-6-7-15(2)3;/h4-5,8H,6-7H2,1-3H3,(H,14,16);1H. The largest absolute Gasteiger partial charge is 0.351 e. The number of rotatable bonds is 4. The lowest BCUT2D eigenvalue weighted by Gasteiger charge is -2.10. The summed E-state index contributed by atoms with van der Waals surface area (Å²) in [4.78, 5) is 13.7. The SMILES string of the molecule is Cc1ccc(C(=O)NCCN(C)C)cc1Cl.Cl. The number of carbonyl (C=O) groups is 1. The molecule has 0 heterocycles. The number of carbonyl (C=O) groups excluding carboxylic acids is 1. The molecule has 1 aromatic carbocycles. The number of likely N-dealkylation sites (N-methyl/N-ethyl adjacent to an activating group) is 1. The fraction of sp³-hybridized carbons (Fsp3) is 0.417. The summed E-state index contributed by atoms with van der Waals surface area (Å²) in [6.07, 6.45) is 0. The Labute approximate surface area is 114 Å². The highest BCUT2D eigenvalue weighted by molar-refractivity contribution is 6.31. The van der Waals surface area contributed by atoms with Crippen molar-refractivity contribution in [1.82, 2.24) is 10.2 Å². The predicted octanol–water partition coefficient (Wildman–Crippen LogP) is 2.36. The van der Waals surface area contributed by atoms with Crippen LogP contribution in [0.1, 0.15) is 15.9 Å². The Morgan fingerprint density at radius 3 is 2.59 bits per heavy atom. The van der Waals surface area contributed by atoms with Crippen molar-refractivity contribution in [3.63, 3.8) is 0 Å². The first-order chi connectivity index (χ1) is 7.50. The first kappa shape index (κ1) is 16.2. The Bertz CT molecular complexity index is 381. The van der Waals surface area contributed by atoms with Crippen LogP contribution >= 0.6 is 24.0 Å². The van der Waals surface area contributed by atoms with Crippen molar-refractivity contribution in [2.45, 2.75) is 6.92 Å². The smallest absolute Gasteiger partial charge is 0.251 e. The average Bonchev–Trinajstić information content (AvgIpc) is 2.21. The first-order valence-electron chi connectivity index (χ1n) is 5.20. The van der Waals surface area contributed by atoms with Crippen molar-refractivity contribution in [2.24, 2.45) is 0 Å². The molecule has 0 spiro atoms. The van der Waals surface area contributed by atoms with E-state index in [1.54, 1.807) is 12.1 Å². The van der Waals surface area contributed by atoms with Crippen molar-refractivity contribution < 1.29 is 4.79 Å². The zero-order valence-electron chi connectivity index (χ0n) is 10.3. The van der Waals surface area contributed by atoms with Crippen LogP contribution in [0.25, 0.3) is 0 Å². The minimum Gasteiger partial charge on any atom is -0.351 e. The number of nitrogens with zero attached hydrogens (tertiary/aromatic N) is 1. The molecule has 5 heteroatoms. The van der Waals surface area contributed by atoms with Crippen molar-refractivity contribution in [1.29, 1.82) is 0 Å². The highest BCUT2D eigenvalue weighted by Gasteiger charge is 2.06. The second-order valence-electron chi connectivity index (χ2n) is 4.02. The maximum absolute atomic E-state index is 11.7. The van der Waals surface area contributed by atoms with Crippen LogP contribution in [0, 0.1) is 6.92 Å². The Morgan fingerprint density at radius 2 is 2.06 bits per heavy atom. The van der Waals surface area contributed by atoms with Crippen LogP contribution in [0.15, 0.2) is 18.2 Å². The van der Waals surface area contributed by atoms with Gasteiger partial charge >= 0.3 is 0 Å². The number of benzene rings is 1. The highest BCUT2D eigenvalue weighted by atomic mass is 35.5. The monoisotopic (exact) mass is 276 g/mol. The molecule has 0 saturated carbocycles. The van der Waals surface area contributed by atoms with Crippen LogP contribution in [0.3, 0.4) is 0 Å². The molecule has 1 rings (SSSR count). The molecule has 17 heavy (non-hydrogen) atoms. The molecule has 1 aromatic rings. The van der Waals surface area contributed by atoms with Crippen LogP contribution in [0.2, 0.25) is 5.02 Å². The third-order valence-electron chi connectivity index (χ3n) is 2.28. The molecule has 0 aliphatic rings. The zero-order chi connectivity index (χ0) is 12.1. The second-order valence-corrected chi connectivity index (χ2v) is 4.43. The van der Waals surface area contributed by atoms with Gasteiger partial charge in [-0.1, -0.05) is 17.7 Å². The van der Waals surface area contributed by atoms with Gasteiger partial charge in [0, 0.05) is 23.7 Å². The molecule has 0 bridgehead atoms. The van der Waals surface area contributed by atoms with Crippen LogP contribution < -0.4 is 5.32 Å². The van der Waals surface area contributed by atoms with Crippen LogP contribution in [-0.2, 0) is 0 Å². The third-order valence-corrected chi connectivity index (χ3v) is 2.69. The molecule has 96 valence electrons. The Hall–Kier alpha value is -0.770. The Balaban J connectivity index is 0.00000256. The van der Waals surface area contributed by atoms with Crippen molar-refractivity contribution in [3.05, 3.63) is 34.3 Å². The minimum atomic E-state index is -0.0799. The zero-order valence-corrected chi connectivity index (χ0v) is 11.9. The molecule has 0 aliphatic heterocycles. The summed E-state index contributed by atoms with van der Waals surface area (Å²) >= 11 is 5.95. The van der Waals surface area contributed by atoms with Gasteiger partial charge in [0.1, 0.15) is 0 Å². The Morgan fingerprint density at radius 1 is 1.41 bits per heavy atom. The number of halogens is 2. The van der Waals surface area contributed by atoms with E-state index in [2.05, 4.69) is 5.32 Å². The van der Waals surface area contributed by atoms with Gasteiger partial charge in [0.15, 0.2) is 0 Å². The summed E-state index contributed by atoms with van der Waals surface area (Å²) in [6, 6.07) is 5.33. The van der Waals surface area contributed by atoms with Crippen molar-refractivity contribution in [3.8, 4) is 0 Å². The van der Waals surface area contributed by atoms with Gasteiger partial charge in [-0.25, -0.2) is 0 Å². The van der Waals surface area contributed by atoms with Crippen LogP contribution in [0.4, 0.5) is 0 Å². The van der Waals surface area contributed by atoms with E-state index in [0.29, 0.717) is 17.1 Å². The third kappa shape index (κ3) is 5.39. The van der Waals surface area contributed by atoms with Gasteiger partial charge in [-0.05, 0) is 38.7 Å². The Kier molecular flexibility index (Phi) is 7.19. The number of aryl methyl sites for hydroxylation is 1. The van der Waals surface area contributed by atoms with Gasteiger partial charge < -0.3 is 10.2 Å². The van der Waals surface area contributed by atoms with Crippen molar-refractivity contribution in [2.75, 3.05) is 27.2 Å². The molecule has 0 unspecified atom stereocenters. The summed E-state index contributed by atoms with van der Waals surface area (Å²) < 4.78 is 0. The molecule has 1 amide bonds. The molecule has 0 saturated heterocycles. The van der Waals surface area contributed by atoms with Gasteiger partial charge in [0.05, 0.1) is 0 Å². The van der Waals surface area contributed by atoms with Gasteiger partial charge in [-0.3, -0.25) is 4.79 Å². The fourth-order valence-electron chi connectivity index (χ4n) is 1.23. The maximum atomic E-state index is 11.7. The number of amides is 1. The summed E-state index contributed by atoms with van der Waals surface area (Å²) in [5.74, 6) is -0.0799. The van der Waals surface area contributed by atoms with E-state index < -0.39 is 0 Å². The van der Waals surface area contributed by atoms with E-state index in [-0.39, 0.29) is 18.3 Å². The molecule has 0 aliphatic carbocycles. The van der Waals surface area contributed by atoms with Gasteiger partial charge in [-0.15, -0.1) is 12.4 Å². The van der Waals surface area contributed by atoms with E-state index in [0.717, 1.165) is 12.1 Å². The number of nitrogens with one attached hydrogen (secondary N) is 1. The molecule has 0 radical (unpaired) electrons. The molecular weight excluding hydrogens is 259 g/mol. The van der Waals surface area contributed by atoms with Gasteiger partial charge in [-0.2, -0.15) is 0 Å². The van der Waals surface area contributed by atoms with Crippen LogP contribution in [-0.4, -0.2) is 38.0 Å². The highest BCUT2D eigenvalue weighted by Crippen LogP contribution is 2.16. The quantitative estimate of drug-likeness (QED) is 0.916. The van der Waals surface area contributed by atoms with E-state index in [4.69, 9.17) is 11.6 Å². The molecular formula is C12H18Cl2N2O. The van der Waals surface area contributed by atoms with Crippen molar-refractivity contribution >= 4 is 29.9 Å². The second kappa shape index (κ2) is 7.54. The topological polar surface area (TPSA) is 32.3 Å². The lowest BCUT2D eigenvalue weighted by atomic mass is 10.1. The van der Waals surface area contributed by atoms with E-state index in [1.165, 1.54) is 0 Å². The molecule has 1 N–H and O–H groups in total. The number of hydrogen-bond acceptors (Lipinski definition) is 2. The first-order valence-corrected chi connectivity index (χ1v) is 5.57. The van der Waals surface area contributed by atoms with E-state index in [1.807, 2.05) is 32.0 Å². The minimum absolute atomic E-state index is 0. The molecule has 3 nitrogen and oxygen atoms in total. The van der Waals surface area contributed by atoms with E-state index in [9.17, 15) is 4.79 Å². The normalized spacial score (nSPS) is 9.94. The van der Waals surface area contributed by atoms with E-state index >= 15 is 0 Å². The average molecular weight is 277 g/mol. The molecule has 0 aromatic heterocycles. The van der Waals surface area contributed by atoms with Gasteiger partial charge in [0.25, 0.3) is 5.91 Å². The lowest BCUT2D eigenvalue weighted by molar-refractivity contribution is 0.0951. The van der Waals surface area contributed by atoms with Gasteiger partial charge in [0.2, 0.25) is 0 Å². The number of hydrogen-bond donors (Lipinski definition) is 1. The molecule has 0 atom stereocenters. The molecule has 0 fully saturated rings. The summed E-state index contributed by atoms with van der Waals surface area (Å²) in [5, 5.41) is 3.46. The summed E-state index contributed by atoms with van der Waals surface area (Å²) in [5.41, 5.74) is 1.58. The summed E-state index contributed by atoms with van der Waals surface area (Å²) in [6.45, 7) is 3.37. The van der Waals surface area contributed by atoms with Crippen LogP contribution in [0.5, 0.6) is 0 Å². The summed E-state index contributed by atoms with van der Waals surface area (Å²) in [7, 11) is 3.93. The predicted molar refractivity (Wildman–Crippen MR) is 74.3 cm³/mol. The maximum Gasteiger partial charge on any atom is 0.251 e. The lowest BCUT2D eigenvalue weighted by Crippen LogP contribution is -2.31. The fourth-order valence-corrected chi connectivity index (χ4v) is 1.41.